The lowest BCUT2D eigenvalue weighted by atomic mass is 10.0. The lowest BCUT2D eigenvalue weighted by Gasteiger charge is -2.16. The number of rotatable bonds is 17. The molecule has 0 heterocycles. The van der Waals surface area contributed by atoms with Crippen molar-refractivity contribution in [1.82, 2.24) is 0 Å². The molecule has 0 aliphatic rings. The summed E-state index contributed by atoms with van der Waals surface area (Å²) in [5.74, 6) is -1.52. The van der Waals surface area contributed by atoms with Crippen LogP contribution in [0.4, 0.5) is 26.3 Å². The van der Waals surface area contributed by atoms with E-state index in [1.807, 2.05) is 0 Å². The Balaban J connectivity index is 2.13. The lowest BCUT2D eigenvalue weighted by molar-refractivity contribution is -0.162. The number of halogens is 6. The van der Waals surface area contributed by atoms with Gasteiger partial charge in [0.05, 0.1) is 24.2 Å². The summed E-state index contributed by atoms with van der Waals surface area (Å²) in [4.78, 5) is 22.3. The Bertz CT molecular complexity index is 774. The number of carbonyl (C=O) groups excluding carboxylic acids is 1. The second-order valence-corrected chi connectivity index (χ2v) is 8.66. The van der Waals surface area contributed by atoms with E-state index < -0.39 is 41.8 Å². The van der Waals surface area contributed by atoms with Crippen molar-refractivity contribution in [1.29, 1.82) is 0 Å². The molecule has 4 nitrogen and oxygen atoms in total. The summed E-state index contributed by atoms with van der Waals surface area (Å²) in [7, 11) is 0. The first-order valence-electron chi connectivity index (χ1n) is 12.1. The summed E-state index contributed by atoms with van der Waals surface area (Å²) in [6.45, 7) is 0.119. The van der Waals surface area contributed by atoms with Crippen molar-refractivity contribution in [3.63, 3.8) is 0 Å². The van der Waals surface area contributed by atoms with Crippen LogP contribution in [0.2, 0.25) is 0 Å². The summed E-state index contributed by atoms with van der Waals surface area (Å²) in [5, 5.41) is 8.56. The molecule has 0 atom stereocenters. The van der Waals surface area contributed by atoms with E-state index in [-0.39, 0.29) is 18.6 Å². The zero-order chi connectivity index (χ0) is 26.3. The average molecular weight is 513 g/mol. The molecule has 0 radical (unpaired) electrons. The maximum Gasteiger partial charge on any atom is 0.417 e. The summed E-state index contributed by atoms with van der Waals surface area (Å²) in [5.41, 5.74) is -3.78. The number of benzene rings is 1. The molecule has 0 aromatic heterocycles. The number of hydrogen-bond acceptors (Lipinski definition) is 3. The molecule has 0 saturated carbocycles. The molecule has 1 aromatic rings. The SMILES string of the molecule is O=C(O)CCCCCCCCCCCCCCOC(=O)Cc1ccc(C(F)(F)F)c(C(F)(F)F)c1. The smallest absolute Gasteiger partial charge is 0.417 e. The third-order valence-corrected chi connectivity index (χ3v) is 5.59. The van der Waals surface area contributed by atoms with Gasteiger partial charge in [0.25, 0.3) is 0 Å². The molecule has 1 rings (SSSR count). The molecular formula is C25H34F6O4. The molecule has 0 aliphatic carbocycles. The molecule has 0 bridgehead atoms. The Morgan fingerprint density at radius 2 is 1.14 bits per heavy atom. The fourth-order valence-corrected chi connectivity index (χ4v) is 3.73. The first-order chi connectivity index (χ1) is 16.4. The number of carboxylic acid groups (broad SMARTS) is 1. The summed E-state index contributed by atoms with van der Waals surface area (Å²) >= 11 is 0. The van der Waals surface area contributed by atoms with E-state index in [9.17, 15) is 35.9 Å². The summed E-state index contributed by atoms with van der Waals surface area (Å²) < 4.78 is 82.4. The van der Waals surface area contributed by atoms with Crippen molar-refractivity contribution in [2.45, 2.75) is 102 Å². The molecule has 1 N–H and O–H groups in total. The average Bonchev–Trinajstić information content (AvgIpc) is 2.74. The van der Waals surface area contributed by atoms with Crippen LogP contribution in [0, 0.1) is 0 Å². The van der Waals surface area contributed by atoms with Gasteiger partial charge in [0.1, 0.15) is 0 Å². The van der Waals surface area contributed by atoms with Crippen LogP contribution < -0.4 is 0 Å². The molecule has 0 unspecified atom stereocenters. The van der Waals surface area contributed by atoms with Gasteiger partial charge in [0.2, 0.25) is 0 Å². The van der Waals surface area contributed by atoms with E-state index in [1.165, 1.54) is 0 Å². The molecule has 0 saturated heterocycles. The van der Waals surface area contributed by atoms with E-state index in [0.29, 0.717) is 18.6 Å². The van der Waals surface area contributed by atoms with Gasteiger partial charge < -0.3 is 9.84 Å². The van der Waals surface area contributed by atoms with Gasteiger partial charge in [-0.25, -0.2) is 0 Å². The van der Waals surface area contributed by atoms with Gasteiger partial charge in [0.15, 0.2) is 0 Å². The highest BCUT2D eigenvalue weighted by molar-refractivity contribution is 5.72. The third-order valence-electron chi connectivity index (χ3n) is 5.59. The summed E-state index contributed by atoms with van der Waals surface area (Å²) in [6, 6.07) is 1.55. The van der Waals surface area contributed by atoms with E-state index in [0.717, 1.165) is 76.7 Å². The maximum atomic E-state index is 13.0. The zero-order valence-corrected chi connectivity index (χ0v) is 19.8. The van der Waals surface area contributed by atoms with Crippen molar-refractivity contribution >= 4 is 11.9 Å². The van der Waals surface area contributed by atoms with Crippen LogP contribution in [-0.2, 0) is 33.1 Å². The van der Waals surface area contributed by atoms with Crippen LogP contribution in [-0.4, -0.2) is 23.7 Å². The van der Waals surface area contributed by atoms with Crippen LogP contribution in [0.3, 0.4) is 0 Å². The second kappa shape index (κ2) is 15.7. The van der Waals surface area contributed by atoms with Crippen LogP contribution in [0.1, 0.15) is 100 Å². The molecule has 10 heteroatoms. The number of carboxylic acids is 1. The van der Waals surface area contributed by atoms with Crippen LogP contribution >= 0.6 is 0 Å². The molecule has 0 fully saturated rings. The Hall–Kier alpha value is -2.26. The van der Waals surface area contributed by atoms with Crippen molar-refractivity contribution in [3.05, 3.63) is 34.9 Å². The van der Waals surface area contributed by atoms with Crippen LogP contribution in [0.5, 0.6) is 0 Å². The predicted molar refractivity (Wildman–Crippen MR) is 119 cm³/mol. The number of aliphatic carboxylic acids is 1. The van der Waals surface area contributed by atoms with E-state index in [2.05, 4.69) is 0 Å². The van der Waals surface area contributed by atoms with Gasteiger partial charge in [-0.1, -0.05) is 70.3 Å². The first-order valence-corrected chi connectivity index (χ1v) is 12.1. The molecule has 35 heavy (non-hydrogen) atoms. The fraction of sp³-hybridized carbons (Fsp3) is 0.680. The Morgan fingerprint density at radius 3 is 1.60 bits per heavy atom. The highest BCUT2D eigenvalue weighted by atomic mass is 19.4. The van der Waals surface area contributed by atoms with Gasteiger partial charge in [-0.05, 0) is 30.5 Å². The molecule has 0 aliphatic heterocycles. The standard InChI is InChI=1S/C25H34F6O4/c26-24(27,28)20-15-14-19(17-21(20)25(29,30)31)18-23(34)35-16-12-10-8-6-4-2-1-3-5-7-9-11-13-22(32)33/h14-15,17H,1-13,16,18H2,(H,32,33). The minimum absolute atomic E-state index is 0.119. The van der Waals surface area contributed by atoms with Crippen molar-refractivity contribution in [2.75, 3.05) is 6.61 Å². The van der Waals surface area contributed by atoms with Crippen molar-refractivity contribution < 1.29 is 45.8 Å². The number of esters is 1. The molecule has 0 amide bonds. The van der Waals surface area contributed by atoms with Gasteiger partial charge in [-0.15, -0.1) is 0 Å². The Labute approximate surface area is 202 Å². The topological polar surface area (TPSA) is 63.6 Å². The number of unbranched alkanes of at least 4 members (excludes halogenated alkanes) is 11. The van der Waals surface area contributed by atoms with Gasteiger partial charge in [-0.2, -0.15) is 26.3 Å². The van der Waals surface area contributed by atoms with E-state index in [4.69, 9.17) is 9.84 Å². The van der Waals surface area contributed by atoms with Crippen molar-refractivity contribution in [2.24, 2.45) is 0 Å². The monoisotopic (exact) mass is 512 g/mol. The van der Waals surface area contributed by atoms with Gasteiger partial charge in [0, 0.05) is 6.42 Å². The third kappa shape index (κ3) is 14.0. The second-order valence-electron chi connectivity index (χ2n) is 8.66. The Morgan fingerprint density at radius 1 is 0.686 bits per heavy atom. The van der Waals surface area contributed by atoms with Crippen LogP contribution in [0.15, 0.2) is 18.2 Å². The number of hydrogen-bond donors (Lipinski definition) is 1. The van der Waals surface area contributed by atoms with Crippen molar-refractivity contribution in [3.8, 4) is 0 Å². The quantitative estimate of drug-likeness (QED) is 0.131. The molecule has 1 aromatic carbocycles. The molecule has 0 spiro atoms. The molecular weight excluding hydrogens is 478 g/mol. The largest absolute Gasteiger partial charge is 0.481 e. The minimum atomic E-state index is -5.19. The normalized spacial score (nSPS) is 12.1. The van der Waals surface area contributed by atoms with E-state index >= 15 is 0 Å². The first kappa shape index (κ1) is 30.8. The number of ether oxygens (including phenoxy) is 1. The fourth-order valence-electron chi connectivity index (χ4n) is 3.73. The van der Waals surface area contributed by atoms with Gasteiger partial charge >= 0.3 is 24.3 Å². The minimum Gasteiger partial charge on any atom is -0.481 e. The maximum absolute atomic E-state index is 13.0. The predicted octanol–water partition coefficient (Wildman–Crippen LogP) is 7.97. The number of carbonyl (C=O) groups is 2. The summed E-state index contributed by atoms with van der Waals surface area (Å²) in [6.07, 6.45) is 1.27. The van der Waals surface area contributed by atoms with Crippen LogP contribution in [0.25, 0.3) is 0 Å². The molecule has 200 valence electrons. The zero-order valence-electron chi connectivity index (χ0n) is 19.8. The highest BCUT2D eigenvalue weighted by Crippen LogP contribution is 2.40. The lowest BCUT2D eigenvalue weighted by Crippen LogP contribution is -2.17. The highest BCUT2D eigenvalue weighted by Gasteiger charge is 2.43. The Kier molecular flexibility index (Phi) is 13.8. The van der Waals surface area contributed by atoms with Gasteiger partial charge in [-0.3, -0.25) is 9.59 Å². The van der Waals surface area contributed by atoms with E-state index in [1.54, 1.807) is 0 Å². The number of alkyl halides is 6.